The first-order chi connectivity index (χ1) is 6.75. The van der Waals surface area contributed by atoms with Crippen molar-refractivity contribution in [2.24, 2.45) is 0 Å². The second-order valence-corrected chi connectivity index (χ2v) is 4.51. The lowest BCUT2D eigenvalue weighted by Gasteiger charge is -2.02. The van der Waals surface area contributed by atoms with E-state index in [4.69, 9.17) is 0 Å². The fourth-order valence-electron chi connectivity index (χ4n) is 1.57. The number of rotatable bonds is 3. The highest BCUT2D eigenvalue weighted by Gasteiger charge is 2.01. The third-order valence-electron chi connectivity index (χ3n) is 2.25. The Morgan fingerprint density at radius 3 is 2.86 bits per heavy atom. The maximum absolute atomic E-state index is 4.43. The van der Waals surface area contributed by atoms with Gasteiger partial charge in [-0.05, 0) is 31.4 Å². The molecule has 0 aliphatic carbocycles. The van der Waals surface area contributed by atoms with Gasteiger partial charge in [-0.3, -0.25) is 4.68 Å². The van der Waals surface area contributed by atoms with Crippen LogP contribution in [-0.2, 0) is 13.0 Å². The molecule has 0 N–H and O–H groups in total. The minimum absolute atomic E-state index is 0.986. The highest BCUT2D eigenvalue weighted by molar-refractivity contribution is 7.09. The molecule has 2 heterocycles. The van der Waals surface area contributed by atoms with Crippen molar-refractivity contribution in [1.29, 1.82) is 0 Å². The van der Waals surface area contributed by atoms with Gasteiger partial charge in [-0.15, -0.1) is 11.3 Å². The van der Waals surface area contributed by atoms with Gasteiger partial charge in [0, 0.05) is 23.5 Å². The molecular weight excluding hydrogens is 192 g/mol. The quantitative estimate of drug-likeness (QED) is 0.755. The summed E-state index contributed by atoms with van der Waals surface area (Å²) in [5.41, 5.74) is 2.35. The van der Waals surface area contributed by atoms with Crippen molar-refractivity contribution in [3.8, 4) is 0 Å². The second-order valence-electron chi connectivity index (χ2n) is 3.48. The Kier molecular flexibility index (Phi) is 2.68. The van der Waals surface area contributed by atoms with Crippen molar-refractivity contribution in [2.75, 3.05) is 0 Å². The Bertz CT molecular complexity index is 401. The lowest BCUT2D eigenvalue weighted by Crippen LogP contribution is -2.04. The molecule has 2 rings (SSSR count). The number of aromatic nitrogens is 2. The molecule has 0 amide bonds. The molecule has 0 saturated heterocycles. The van der Waals surface area contributed by atoms with Gasteiger partial charge in [0.25, 0.3) is 0 Å². The van der Waals surface area contributed by atoms with Crippen LogP contribution in [-0.4, -0.2) is 9.78 Å². The van der Waals surface area contributed by atoms with Gasteiger partial charge in [-0.25, -0.2) is 0 Å². The number of nitrogens with zero attached hydrogens (tertiary/aromatic N) is 2. The van der Waals surface area contributed by atoms with Crippen LogP contribution in [0.15, 0.2) is 23.6 Å². The molecule has 0 bridgehead atoms. The lowest BCUT2D eigenvalue weighted by molar-refractivity contribution is 0.597. The molecule has 0 radical (unpaired) electrons. The molecule has 0 aliphatic rings. The molecule has 14 heavy (non-hydrogen) atoms. The Morgan fingerprint density at radius 1 is 1.43 bits per heavy atom. The Balaban J connectivity index is 2.01. The molecule has 0 aliphatic heterocycles. The van der Waals surface area contributed by atoms with Crippen molar-refractivity contribution in [3.05, 3.63) is 39.8 Å². The summed E-state index contributed by atoms with van der Waals surface area (Å²) in [4.78, 5) is 1.43. The van der Waals surface area contributed by atoms with Gasteiger partial charge in [0.05, 0.1) is 5.69 Å². The summed E-state index contributed by atoms with van der Waals surface area (Å²) in [5, 5.41) is 6.55. The average Bonchev–Trinajstić information content (AvgIpc) is 2.72. The van der Waals surface area contributed by atoms with E-state index in [0.29, 0.717) is 0 Å². The summed E-state index contributed by atoms with van der Waals surface area (Å²) >= 11 is 1.81. The third kappa shape index (κ3) is 2.04. The average molecular weight is 206 g/mol. The highest BCUT2D eigenvalue weighted by atomic mass is 32.1. The highest BCUT2D eigenvalue weighted by Crippen LogP contribution is 2.11. The van der Waals surface area contributed by atoms with Crippen molar-refractivity contribution in [3.63, 3.8) is 0 Å². The smallest absolute Gasteiger partial charge is 0.0596 e. The first-order valence-corrected chi connectivity index (χ1v) is 5.67. The van der Waals surface area contributed by atoms with Crippen LogP contribution in [0.25, 0.3) is 0 Å². The van der Waals surface area contributed by atoms with Crippen molar-refractivity contribution >= 4 is 11.3 Å². The SMILES string of the molecule is Cc1cc(C)n(CCc2cccs2)n1. The van der Waals surface area contributed by atoms with E-state index in [2.05, 4.69) is 40.3 Å². The van der Waals surface area contributed by atoms with Crippen LogP contribution in [0, 0.1) is 13.8 Å². The zero-order chi connectivity index (χ0) is 9.97. The van der Waals surface area contributed by atoms with E-state index in [9.17, 15) is 0 Å². The molecule has 2 aromatic heterocycles. The largest absolute Gasteiger partial charge is 0.269 e. The van der Waals surface area contributed by atoms with Crippen LogP contribution in [0.2, 0.25) is 0 Å². The van der Waals surface area contributed by atoms with E-state index in [-0.39, 0.29) is 0 Å². The Hall–Kier alpha value is -1.09. The zero-order valence-corrected chi connectivity index (χ0v) is 9.34. The minimum atomic E-state index is 0.986. The standard InChI is InChI=1S/C11H14N2S/c1-9-8-10(2)13(12-9)6-5-11-4-3-7-14-11/h3-4,7-8H,5-6H2,1-2H3. The Morgan fingerprint density at radius 2 is 2.29 bits per heavy atom. The van der Waals surface area contributed by atoms with Crippen molar-refractivity contribution < 1.29 is 0 Å². The van der Waals surface area contributed by atoms with E-state index in [1.807, 2.05) is 18.3 Å². The molecular formula is C11H14N2S. The third-order valence-corrected chi connectivity index (χ3v) is 3.19. The number of hydrogen-bond acceptors (Lipinski definition) is 2. The molecule has 0 atom stereocenters. The molecule has 0 aromatic carbocycles. The fraction of sp³-hybridized carbons (Fsp3) is 0.364. The molecule has 0 saturated carbocycles. The lowest BCUT2D eigenvalue weighted by atomic mass is 10.3. The van der Waals surface area contributed by atoms with Gasteiger partial charge in [0.1, 0.15) is 0 Å². The summed E-state index contributed by atoms with van der Waals surface area (Å²) in [6, 6.07) is 6.39. The molecule has 0 fully saturated rings. The van der Waals surface area contributed by atoms with E-state index < -0.39 is 0 Å². The predicted molar refractivity (Wildman–Crippen MR) is 59.7 cm³/mol. The van der Waals surface area contributed by atoms with E-state index >= 15 is 0 Å². The first-order valence-electron chi connectivity index (χ1n) is 4.79. The number of hydrogen-bond donors (Lipinski definition) is 0. The summed E-state index contributed by atoms with van der Waals surface area (Å²) in [6.07, 6.45) is 1.08. The van der Waals surface area contributed by atoms with E-state index in [1.54, 1.807) is 0 Å². The maximum atomic E-state index is 4.43. The Labute approximate surface area is 88.2 Å². The molecule has 2 nitrogen and oxygen atoms in total. The zero-order valence-electron chi connectivity index (χ0n) is 8.53. The van der Waals surface area contributed by atoms with Crippen LogP contribution in [0.4, 0.5) is 0 Å². The summed E-state index contributed by atoms with van der Waals surface area (Å²) < 4.78 is 2.08. The van der Waals surface area contributed by atoms with Crippen LogP contribution in [0.1, 0.15) is 16.3 Å². The minimum Gasteiger partial charge on any atom is -0.269 e. The van der Waals surface area contributed by atoms with Crippen molar-refractivity contribution in [1.82, 2.24) is 9.78 Å². The van der Waals surface area contributed by atoms with E-state index in [0.717, 1.165) is 18.7 Å². The van der Waals surface area contributed by atoms with Crippen LogP contribution < -0.4 is 0 Å². The van der Waals surface area contributed by atoms with Gasteiger partial charge in [0.2, 0.25) is 0 Å². The molecule has 0 unspecified atom stereocenters. The number of aryl methyl sites for hydroxylation is 4. The molecule has 74 valence electrons. The fourth-order valence-corrected chi connectivity index (χ4v) is 2.27. The summed E-state index contributed by atoms with van der Waals surface area (Å²) in [6.45, 7) is 5.13. The predicted octanol–water partition coefficient (Wildman–Crippen LogP) is 2.80. The second kappa shape index (κ2) is 3.96. The van der Waals surface area contributed by atoms with Gasteiger partial charge < -0.3 is 0 Å². The normalized spacial score (nSPS) is 10.7. The monoisotopic (exact) mass is 206 g/mol. The molecule has 0 spiro atoms. The van der Waals surface area contributed by atoms with Gasteiger partial charge in [0.15, 0.2) is 0 Å². The van der Waals surface area contributed by atoms with Crippen LogP contribution in [0.5, 0.6) is 0 Å². The maximum Gasteiger partial charge on any atom is 0.0596 e. The topological polar surface area (TPSA) is 17.8 Å². The first kappa shape index (κ1) is 9.46. The molecule has 3 heteroatoms. The summed E-state index contributed by atoms with van der Waals surface area (Å²) in [7, 11) is 0. The summed E-state index contributed by atoms with van der Waals surface area (Å²) in [5.74, 6) is 0. The van der Waals surface area contributed by atoms with Gasteiger partial charge >= 0.3 is 0 Å². The number of thiophene rings is 1. The van der Waals surface area contributed by atoms with Crippen LogP contribution >= 0.6 is 11.3 Å². The van der Waals surface area contributed by atoms with Crippen molar-refractivity contribution in [2.45, 2.75) is 26.8 Å². The molecule has 2 aromatic rings. The van der Waals surface area contributed by atoms with Gasteiger partial charge in [-0.1, -0.05) is 6.07 Å². The van der Waals surface area contributed by atoms with E-state index in [1.165, 1.54) is 10.6 Å². The van der Waals surface area contributed by atoms with Crippen LogP contribution in [0.3, 0.4) is 0 Å². The van der Waals surface area contributed by atoms with Gasteiger partial charge in [-0.2, -0.15) is 5.10 Å².